The zero-order chi connectivity index (χ0) is 16.5. The van der Waals surface area contributed by atoms with Crippen LogP contribution < -0.4 is 5.32 Å². The van der Waals surface area contributed by atoms with Gasteiger partial charge in [-0.15, -0.1) is 0 Å². The first-order valence-corrected chi connectivity index (χ1v) is 7.30. The summed E-state index contributed by atoms with van der Waals surface area (Å²) in [7, 11) is 0. The van der Waals surface area contributed by atoms with Gasteiger partial charge in [0.15, 0.2) is 0 Å². The molecule has 1 amide bonds. The number of amides is 1. The van der Waals surface area contributed by atoms with Crippen LogP contribution in [-0.2, 0) is 6.18 Å². The first-order valence-electron chi connectivity index (χ1n) is 6.13. The van der Waals surface area contributed by atoms with Crippen LogP contribution in [0.5, 0.6) is 0 Å². The predicted molar refractivity (Wildman–Crippen MR) is 83.3 cm³/mol. The van der Waals surface area contributed by atoms with Crippen molar-refractivity contribution in [1.82, 2.24) is 0 Å². The lowest BCUT2D eigenvalue weighted by Crippen LogP contribution is -2.14. The van der Waals surface area contributed by atoms with Gasteiger partial charge < -0.3 is 5.32 Å². The van der Waals surface area contributed by atoms with Gasteiger partial charge in [0.2, 0.25) is 0 Å². The first kappa shape index (κ1) is 16.8. The molecular weight excluding hydrogens is 383 g/mol. The van der Waals surface area contributed by atoms with Crippen molar-refractivity contribution in [3.63, 3.8) is 0 Å². The maximum absolute atomic E-state index is 12.7. The largest absolute Gasteiger partial charge is 0.416 e. The molecule has 0 fully saturated rings. The van der Waals surface area contributed by atoms with Crippen molar-refractivity contribution in [2.45, 2.75) is 13.1 Å². The number of hydrogen-bond acceptors (Lipinski definition) is 1. The van der Waals surface area contributed by atoms with E-state index < -0.39 is 17.6 Å². The van der Waals surface area contributed by atoms with Crippen LogP contribution in [0, 0.1) is 6.92 Å². The van der Waals surface area contributed by atoms with Crippen molar-refractivity contribution in [2.24, 2.45) is 0 Å². The summed E-state index contributed by atoms with van der Waals surface area (Å²) in [5.74, 6) is -0.663. The van der Waals surface area contributed by atoms with E-state index in [1.54, 1.807) is 12.1 Å². The summed E-state index contributed by atoms with van der Waals surface area (Å²) in [6.45, 7) is 1.83. The summed E-state index contributed by atoms with van der Waals surface area (Å²) in [6.07, 6.45) is -4.50. The quantitative estimate of drug-likeness (QED) is 0.700. The Kier molecular flexibility index (Phi) is 4.82. The number of alkyl halides is 3. The van der Waals surface area contributed by atoms with Crippen LogP contribution in [0.1, 0.15) is 21.5 Å². The Balaban J connectivity index is 2.29. The molecule has 0 aliphatic rings. The van der Waals surface area contributed by atoms with Gasteiger partial charge in [0.1, 0.15) is 0 Å². The zero-order valence-corrected chi connectivity index (χ0v) is 13.6. The third-order valence-corrected chi connectivity index (χ3v) is 4.12. The van der Waals surface area contributed by atoms with Crippen LogP contribution in [0.15, 0.2) is 40.9 Å². The highest BCUT2D eigenvalue weighted by Gasteiger charge is 2.30. The molecule has 0 bridgehead atoms. The van der Waals surface area contributed by atoms with E-state index in [1.165, 1.54) is 12.1 Å². The van der Waals surface area contributed by atoms with Gasteiger partial charge in [0.05, 0.1) is 16.3 Å². The second-order valence-corrected chi connectivity index (χ2v) is 5.88. The van der Waals surface area contributed by atoms with E-state index in [-0.39, 0.29) is 5.56 Å². The monoisotopic (exact) mass is 391 g/mol. The lowest BCUT2D eigenvalue weighted by molar-refractivity contribution is -0.137. The molecule has 2 aromatic rings. The number of halogens is 5. The molecule has 0 saturated carbocycles. The molecule has 0 aliphatic heterocycles. The highest BCUT2D eigenvalue weighted by molar-refractivity contribution is 9.10. The van der Waals surface area contributed by atoms with Gasteiger partial charge in [-0.3, -0.25) is 4.79 Å². The van der Waals surface area contributed by atoms with Crippen LogP contribution in [0.3, 0.4) is 0 Å². The lowest BCUT2D eigenvalue weighted by Gasteiger charge is -2.11. The summed E-state index contributed by atoms with van der Waals surface area (Å²) < 4.78 is 38.7. The van der Waals surface area contributed by atoms with Crippen LogP contribution in [0.25, 0.3) is 0 Å². The molecule has 0 aromatic heterocycles. The smallest absolute Gasteiger partial charge is 0.321 e. The van der Waals surface area contributed by atoms with Crippen molar-refractivity contribution < 1.29 is 18.0 Å². The molecule has 2 aromatic carbocycles. The second-order valence-electron chi connectivity index (χ2n) is 4.61. The normalized spacial score (nSPS) is 11.4. The van der Waals surface area contributed by atoms with Crippen molar-refractivity contribution >= 4 is 39.1 Å². The van der Waals surface area contributed by atoms with Gasteiger partial charge in [-0.2, -0.15) is 13.2 Å². The average Bonchev–Trinajstić information content (AvgIpc) is 2.44. The molecule has 1 N–H and O–H groups in total. The molecule has 0 heterocycles. The maximum atomic E-state index is 12.7. The molecule has 2 rings (SSSR count). The van der Waals surface area contributed by atoms with Gasteiger partial charge in [-0.05, 0) is 42.8 Å². The van der Waals surface area contributed by atoms with Crippen molar-refractivity contribution in [1.29, 1.82) is 0 Å². The fourth-order valence-electron chi connectivity index (χ4n) is 1.77. The van der Waals surface area contributed by atoms with Gasteiger partial charge in [-0.1, -0.05) is 33.6 Å². The molecule has 0 aliphatic carbocycles. The zero-order valence-electron chi connectivity index (χ0n) is 11.3. The SMILES string of the molecule is Cc1cc(Cl)c(NC(=O)c2cccc(C(F)(F)F)c2)cc1Br. The number of nitrogens with one attached hydrogen (secondary N) is 1. The second kappa shape index (κ2) is 6.30. The minimum Gasteiger partial charge on any atom is -0.321 e. The highest BCUT2D eigenvalue weighted by Crippen LogP contribution is 2.31. The number of aryl methyl sites for hydroxylation is 1. The average molecular weight is 393 g/mol. The van der Waals surface area contributed by atoms with Crippen LogP contribution >= 0.6 is 27.5 Å². The number of carbonyl (C=O) groups excluding carboxylic acids is 1. The summed E-state index contributed by atoms with van der Waals surface area (Å²) in [5, 5.41) is 2.81. The molecule has 22 heavy (non-hydrogen) atoms. The van der Waals surface area contributed by atoms with E-state index in [2.05, 4.69) is 21.2 Å². The lowest BCUT2D eigenvalue weighted by atomic mass is 10.1. The molecule has 0 spiro atoms. The molecule has 0 radical (unpaired) electrons. The number of benzene rings is 2. The molecule has 116 valence electrons. The third-order valence-electron chi connectivity index (χ3n) is 2.95. The molecule has 7 heteroatoms. The summed E-state index contributed by atoms with van der Waals surface area (Å²) in [6, 6.07) is 7.45. The minimum atomic E-state index is -4.50. The Morgan fingerprint density at radius 3 is 2.55 bits per heavy atom. The number of hydrogen-bond donors (Lipinski definition) is 1. The van der Waals surface area contributed by atoms with Crippen LogP contribution in [0.2, 0.25) is 5.02 Å². The van der Waals surface area contributed by atoms with Gasteiger partial charge in [0.25, 0.3) is 5.91 Å². The molecule has 0 atom stereocenters. The van der Waals surface area contributed by atoms with Crippen molar-refractivity contribution in [2.75, 3.05) is 5.32 Å². The van der Waals surface area contributed by atoms with Crippen LogP contribution in [0.4, 0.5) is 18.9 Å². The Labute approximate surface area is 138 Å². The first-order chi connectivity index (χ1) is 10.2. The number of anilines is 1. The molecule has 0 unspecified atom stereocenters. The van der Waals surface area contributed by atoms with Gasteiger partial charge >= 0.3 is 6.18 Å². The van der Waals surface area contributed by atoms with E-state index in [9.17, 15) is 18.0 Å². The van der Waals surface area contributed by atoms with Crippen molar-refractivity contribution in [3.05, 3.63) is 62.6 Å². The van der Waals surface area contributed by atoms with E-state index in [0.717, 1.165) is 22.2 Å². The Morgan fingerprint density at radius 2 is 1.91 bits per heavy atom. The Hall–Kier alpha value is -1.53. The number of carbonyl (C=O) groups is 1. The van der Waals surface area contributed by atoms with E-state index >= 15 is 0 Å². The minimum absolute atomic E-state index is 0.0948. The third kappa shape index (κ3) is 3.81. The summed E-state index contributed by atoms with van der Waals surface area (Å²) in [5.41, 5.74) is 0.225. The molecular formula is C15H10BrClF3NO. The molecule has 0 saturated heterocycles. The Morgan fingerprint density at radius 1 is 1.23 bits per heavy atom. The van der Waals surface area contributed by atoms with Gasteiger partial charge in [-0.25, -0.2) is 0 Å². The van der Waals surface area contributed by atoms with Crippen molar-refractivity contribution in [3.8, 4) is 0 Å². The summed E-state index contributed by atoms with van der Waals surface area (Å²) in [4.78, 5) is 12.1. The Bertz CT molecular complexity index is 731. The van der Waals surface area contributed by atoms with Crippen LogP contribution in [-0.4, -0.2) is 5.91 Å². The standard InChI is InChI=1S/C15H10BrClF3NO/c1-8-5-12(17)13(7-11(8)16)21-14(22)9-3-2-4-10(6-9)15(18,19)20/h2-7H,1H3,(H,21,22). The molecule has 2 nitrogen and oxygen atoms in total. The fraction of sp³-hybridized carbons (Fsp3) is 0.133. The fourth-order valence-corrected chi connectivity index (χ4v) is 2.38. The number of rotatable bonds is 2. The topological polar surface area (TPSA) is 29.1 Å². The highest BCUT2D eigenvalue weighted by atomic mass is 79.9. The van der Waals surface area contributed by atoms with E-state index in [4.69, 9.17) is 11.6 Å². The van der Waals surface area contributed by atoms with E-state index in [0.29, 0.717) is 10.7 Å². The predicted octanol–water partition coefficient (Wildman–Crippen LogP) is 5.68. The summed E-state index contributed by atoms with van der Waals surface area (Å²) >= 11 is 9.33. The van der Waals surface area contributed by atoms with E-state index in [1.807, 2.05) is 6.92 Å². The van der Waals surface area contributed by atoms with Gasteiger partial charge in [0, 0.05) is 10.0 Å². The maximum Gasteiger partial charge on any atom is 0.416 e.